The molecule has 0 aromatic carbocycles. The maximum atomic E-state index is 2.50. The van der Waals surface area contributed by atoms with Gasteiger partial charge < -0.3 is 0 Å². The molecular weight excluding hydrogens is 270 g/mol. The van der Waals surface area contributed by atoms with E-state index in [4.69, 9.17) is 0 Å². The van der Waals surface area contributed by atoms with Gasteiger partial charge in [-0.3, -0.25) is 0 Å². The summed E-state index contributed by atoms with van der Waals surface area (Å²) in [5.41, 5.74) is 0. The summed E-state index contributed by atoms with van der Waals surface area (Å²) in [6.07, 6.45) is 0. The first-order valence-corrected chi connectivity index (χ1v) is 12.1. The topological polar surface area (TPSA) is 0 Å². The van der Waals surface area contributed by atoms with E-state index < -0.39 is 8.07 Å². The van der Waals surface area contributed by atoms with Crippen LogP contribution in [-0.2, 0) is 0 Å². The SMILES string of the molecule is C[Se]/C=C(/[Se]C)[Si](C)(C)C. The van der Waals surface area contributed by atoms with E-state index in [-0.39, 0.29) is 0 Å². The molecule has 0 unspecified atom stereocenters. The van der Waals surface area contributed by atoms with Gasteiger partial charge in [0.2, 0.25) is 0 Å². The van der Waals surface area contributed by atoms with Gasteiger partial charge in [0, 0.05) is 0 Å². The Balaban J connectivity index is 4.21. The molecule has 0 saturated carbocycles. The molecule has 0 N–H and O–H groups in total. The van der Waals surface area contributed by atoms with Gasteiger partial charge in [-0.15, -0.1) is 0 Å². The zero-order valence-electron chi connectivity index (χ0n) is 7.39. The van der Waals surface area contributed by atoms with Gasteiger partial charge in [-0.05, 0) is 0 Å². The summed E-state index contributed by atoms with van der Waals surface area (Å²) in [5.74, 6) is 4.63. The fourth-order valence-corrected chi connectivity index (χ4v) is 11.0. The summed E-state index contributed by atoms with van der Waals surface area (Å²) in [5, 5.41) is 0. The molecule has 60 valence electrons. The van der Waals surface area contributed by atoms with Crippen LogP contribution in [0.15, 0.2) is 9.07 Å². The van der Waals surface area contributed by atoms with Crippen molar-refractivity contribution in [3.63, 3.8) is 0 Å². The second-order valence-electron chi connectivity index (χ2n) is 3.17. The molecule has 0 amide bonds. The second-order valence-corrected chi connectivity index (χ2v) is 12.3. The predicted molar refractivity (Wildman–Crippen MR) is 54.7 cm³/mol. The van der Waals surface area contributed by atoms with Crippen molar-refractivity contribution in [2.24, 2.45) is 0 Å². The van der Waals surface area contributed by atoms with Crippen molar-refractivity contribution < 1.29 is 0 Å². The molecule has 0 fully saturated rings. The summed E-state index contributed by atoms with van der Waals surface area (Å²) in [7, 11) is -0.903. The van der Waals surface area contributed by atoms with Gasteiger partial charge in [0.25, 0.3) is 0 Å². The predicted octanol–water partition coefficient (Wildman–Crippen LogP) is 2.21. The summed E-state index contributed by atoms with van der Waals surface area (Å²) in [6.45, 7) is 7.32. The molecule has 0 nitrogen and oxygen atoms in total. The number of rotatable bonds is 3. The molecule has 0 aliphatic heterocycles. The Hall–Kier alpha value is 0.996. The van der Waals surface area contributed by atoms with Gasteiger partial charge in [0.05, 0.1) is 0 Å². The summed E-state index contributed by atoms with van der Waals surface area (Å²) in [4.78, 5) is 2.50. The van der Waals surface area contributed by atoms with Crippen LogP contribution in [0.1, 0.15) is 0 Å². The number of hydrogen-bond donors (Lipinski definition) is 0. The molecule has 0 radical (unpaired) electrons. The summed E-state index contributed by atoms with van der Waals surface area (Å²) < 4.78 is 1.81. The molecule has 0 spiro atoms. The Bertz CT molecular complexity index is 124. The zero-order chi connectivity index (χ0) is 8.20. The first-order chi connectivity index (χ1) is 4.52. The van der Waals surface area contributed by atoms with E-state index in [9.17, 15) is 0 Å². The molecule has 0 aliphatic rings. The van der Waals surface area contributed by atoms with E-state index >= 15 is 0 Å². The third kappa shape index (κ3) is 4.00. The van der Waals surface area contributed by atoms with Gasteiger partial charge in [-0.2, -0.15) is 0 Å². The van der Waals surface area contributed by atoms with Crippen LogP contribution >= 0.6 is 0 Å². The molecular formula is C7H16Se2Si. The molecule has 0 bridgehead atoms. The van der Waals surface area contributed by atoms with Gasteiger partial charge >= 0.3 is 78.3 Å². The molecule has 0 aromatic heterocycles. The quantitative estimate of drug-likeness (QED) is 0.698. The Morgan fingerprint density at radius 3 is 1.80 bits per heavy atom. The van der Waals surface area contributed by atoms with Crippen molar-refractivity contribution in [2.75, 3.05) is 0 Å². The third-order valence-electron chi connectivity index (χ3n) is 1.18. The fourth-order valence-electron chi connectivity index (χ4n) is 0.638. The van der Waals surface area contributed by atoms with Crippen LogP contribution in [0.2, 0.25) is 31.3 Å². The minimum absolute atomic E-state index is 0.743. The van der Waals surface area contributed by atoms with E-state index in [0.717, 1.165) is 29.9 Å². The van der Waals surface area contributed by atoms with E-state index in [2.05, 4.69) is 36.3 Å². The third-order valence-corrected chi connectivity index (χ3v) is 11.1. The average molecular weight is 286 g/mol. The van der Waals surface area contributed by atoms with Crippen LogP contribution in [0.25, 0.3) is 0 Å². The normalized spacial score (nSPS) is 13.9. The fraction of sp³-hybridized carbons (Fsp3) is 0.714. The van der Waals surface area contributed by atoms with Crippen molar-refractivity contribution >= 4 is 38.0 Å². The monoisotopic (exact) mass is 288 g/mol. The van der Waals surface area contributed by atoms with Gasteiger partial charge in [-0.1, -0.05) is 0 Å². The standard InChI is InChI=1S/C7H16Se2Si/c1-8-6-7(9-2)10(3,4)5/h6H,1-5H3/b7-6-. The molecule has 3 heteroatoms. The molecule has 0 saturated heterocycles. The van der Waals surface area contributed by atoms with E-state index in [1.165, 1.54) is 0 Å². The first kappa shape index (κ1) is 11.0. The minimum atomic E-state index is -0.903. The molecule has 0 aliphatic carbocycles. The second kappa shape index (κ2) is 4.79. The Labute approximate surface area is 78.2 Å². The molecule has 0 rings (SSSR count). The van der Waals surface area contributed by atoms with Gasteiger partial charge in [0.1, 0.15) is 0 Å². The van der Waals surface area contributed by atoms with Crippen molar-refractivity contribution in [3.05, 3.63) is 9.07 Å². The molecule has 0 aromatic rings. The summed E-state index contributed by atoms with van der Waals surface area (Å²) in [6, 6.07) is 0. The van der Waals surface area contributed by atoms with Crippen LogP contribution in [0, 0.1) is 0 Å². The Morgan fingerprint density at radius 2 is 1.70 bits per heavy atom. The summed E-state index contributed by atoms with van der Waals surface area (Å²) >= 11 is 1.51. The van der Waals surface area contributed by atoms with Gasteiger partial charge in [0.15, 0.2) is 0 Å². The van der Waals surface area contributed by atoms with Crippen molar-refractivity contribution in [1.82, 2.24) is 0 Å². The van der Waals surface area contributed by atoms with Crippen LogP contribution < -0.4 is 0 Å². The van der Waals surface area contributed by atoms with E-state index in [1.807, 2.05) is 4.09 Å². The average Bonchev–Trinajstić information content (AvgIpc) is 1.80. The van der Waals surface area contributed by atoms with Crippen LogP contribution in [0.4, 0.5) is 0 Å². The maximum absolute atomic E-state index is 2.50. The van der Waals surface area contributed by atoms with Crippen molar-refractivity contribution in [1.29, 1.82) is 0 Å². The first-order valence-electron chi connectivity index (χ1n) is 3.29. The van der Waals surface area contributed by atoms with Crippen molar-refractivity contribution in [2.45, 2.75) is 31.3 Å². The van der Waals surface area contributed by atoms with Crippen LogP contribution in [0.5, 0.6) is 0 Å². The Morgan fingerprint density at radius 1 is 1.20 bits per heavy atom. The molecule has 0 atom stereocenters. The van der Waals surface area contributed by atoms with E-state index in [1.54, 1.807) is 0 Å². The van der Waals surface area contributed by atoms with Crippen LogP contribution in [-0.4, -0.2) is 38.0 Å². The Kier molecular flexibility index (Phi) is 5.27. The molecule has 10 heavy (non-hydrogen) atoms. The van der Waals surface area contributed by atoms with Crippen LogP contribution in [0.3, 0.4) is 0 Å². The molecule has 0 heterocycles. The van der Waals surface area contributed by atoms with E-state index in [0.29, 0.717) is 0 Å². The zero-order valence-corrected chi connectivity index (χ0v) is 11.8. The van der Waals surface area contributed by atoms with Gasteiger partial charge in [-0.25, -0.2) is 0 Å². The number of hydrogen-bond acceptors (Lipinski definition) is 0. The van der Waals surface area contributed by atoms with Crippen molar-refractivity contribution in [3.8, 4) is 0 Å².